The first-order valence-corrected chi connectivity index (χ1v) is 7.39. The molecule has 10 heteroatoms. The minimum atomic E-state index is -0.839. The lowest BCUT2D eigenvalue weighted by Gasteiger charge is -2.07. The Morgan fingerprint density at radius 2 is 2.04 bits per heavy atom. The number of rotatable bonds is 6. The van der Waals surface area contributed by atoms with Gasteiger partial charge in [0.2, 0.25) is 0 Å². The molecule has 1 heterocycles. The summed E-state index contributed by atoms with van der Waals surface area (Å²) in [7, 11) is 0. The normalized spacial score (nSPS) is 10.0. The molecule has 2 aromatic rings. The largest absolute Gasteiger partial charge is 0.467 e. The molecule has 136 valence electrons. The Hall–Kier alpha value is -3.69. The number of nitrogens with one attached hydrogen (secondary N) is 2. The fourth-order valence-corrected chi connectivity index (χ4v) is 1.99. The van der Waals surface area contributed by atoms with Crippen molar-refractivity contribution in [2.75, 3.05) is 6.61 Å². The molecule has 0 spiro atoms. The highest BCUT2D eigenvalue weighted by Crippen LogP contribution is 2.19. The second kappa shape index (κ2) is 8.42. The van der Waals surface area contributed by atoms with Crippen molar-refractivity contribution in [1.29, 1.82) is 0 Å². The van der Waals surface area contributed by atoms with Gasteiger partial charge in [0.1, 0.15) is 5.76 Å². The molecule has 0 unspecified atom stereocenters. The van der Waals surface area contributed by atoms with Crippen molar-refractivity contribution < 1.29 is 28.5 Å². The van der Waals surface area contributed by atoms with Gasteiger partial charge in [0.05, 0.1) is 23.3 Å². The summed E-state index contributed by atoms with van der Waals surface area (Å²) < 4.78 is 9.79. The van der Waals surface area contributed by atoms with Gasteiger partial charge in [-0.1, -0.05) is 0 Å². The van der Waals surface area contributed by atoms with Crippen molar-refractivity contribution >= 4 is 23.6 Å². The van der Waals surface area contributed by atoms with Crippen molar-refractivity contribution in [1.82, 2.24) is 10.6 Å². The number of benzene rings is 1. The number of imide groups is 1. The number of nitro groups is 1. The molecule has 0 bridgehead atoms. The molecule has 0 saturated heterocycles. The number of aryl methyl sites for hydroxylation is 1. The lowest BCUT2D eigenvalue weighted by molar-refractivity contribution is -0.385. The van der Waals surface area contributed by atoms with Crippen LogP contribution in [0.1, 0.15) is 21.7 Å². The molecule has 0 atom stereocenters. The zero-order valence-corrected chi connectivity index (χ0v) is 13.7. The van der Waals surface area contributed by atoms with Crippen LogP contribution >= 0.6 is 0 Å². The van der Waals surface area contributed by atoms with Gasteiger partial charge in [-0.15, -0.1) is 0 Å². The predicted molar refractivity (Wildman–Crippen MR) is 87.2 cm³/mol. The Labute approximate surface area is 147 Å². The number of carbonyl (C=O) groups excluding carboxylic acids is 3. The van der Waals surface area contributed by atoms with Crippen LogP contribution in [-0.4, -0.2) is 29.4 Å². The van der Waals surface area contributed by atoms with E-state index >= 15 is 0 Å². The highest BCUT2D eigenvalue weighted by Gasteiger charge is 2.16. The predicted octanol–water partition coefficient (Wildman–Crippen LogP) is 1.68. The lowest BCUT2D eigenvalue weighted by Crippen LogP contribution is -2.41. The number of urea groups is 1. The monoisotopic (exact) mass is 361 g/mol. The molecule has 3 amide bonds. The van der Waals surface area contributed by atoms with Gasteiger partial charge in [0.15, 0.2) is 6.61 Å². The SMILES string of the molecule is Cc1cc(C(=O)OCC(=O)NC(=O)NCc2ccco2)ccc1[N+](=O)[O-]. The molecule has 0 aliphatic rings. The van der Waals surface area contributed by atoms with Crippen LogP contribution in [0.4, 0.5) is 10.5 Å². The van der Waals surface area contributed by atoms with Gasteiger partial charge in [-0.25, -0.2) is 9.59 Å². The summed E-state index contributed by atoms with van der Waals surface area (Å²) in [5.74, 6) is -1.16. The lowest BCUT2D eigenvalue weighted by atomic mass is 10.1. The van der Waals surface area contributed by atoms with E-state index in [1.807, 2.05) is 5.32 Å². The maximum Gasteiger partial charge on any atom is 0.338 e. The molecular formula is C16H15N3O7. The van der Waals surface area contributed by atoms with Gasteiger partial charge in [-0.2, -0.15) is 0 Å². The Morgan fingerprint density at radius 1 is 1.27 bits per heavy atom. The van der Waals surface area contributed by atoms with Crippen LogP contribution < -0.4 is 10.6 Å². The second-order valence-electron chi connectivity index (χ2n) is 5.14. The third-order valence-corrected chi connectivity index (χ3v) is 3.22. The average Bonchev–Trinajstić information content (AvgIpc) is 3.11. The fourth-order valence-electron chi connectivity index (χ4n) is 1.99. The van der Waals surface area contributed by atoms with E-state index in [1.54, 1.807) is 12.1 Å². The summed E-state index contributed by atoms with van der Waals surface area (Å²) in [6, 6.07) is 6.22. The van der Waals surface area contributed by atoms with E-state index in [2.05, 4.69) is 5.32 Å². The smallest absolute Gasteiger partial charge is 0.338 e. The summed E-state index contributed by atoms with van der Waals surface area (Å²) in [5.41, 5.74) is 0.210. The fraction of sp³-hybridized carbons (Fsp3) is 0.188. The van der Waals surface area contributed by atoms with E-state index in [4.69, 9.17) is 9.15 Å². The van der Waals surface area contributed by atoms with Crippen LogP contribution in [0.3, 0.4) is 0 Å². The first kappa shape index (κ1) is 18.6. The first-order valence-electron chi connectivity index (χ1n) is 7.39. The van der Waals surface area contributed by atoms with Crippen LogP contribution in [0, 0.1) is 17.0 Å². The highest BCUT2D eigenvalue weighted by molar-refractivity contribution is 5.97. The summed E-state index contributed by atoms with van der Waals surface area (Å²) in [6.07, 6.45) is 1.44. The molecule has 0 aliphatic carbocycles. The maximum absolute atomic E-state index is 11.9. The van der Waals surface area contributed by atoms with Crippen molar-refractivity contribution in [2.24, 2.45) is 0 Å². The van der Waals surface area contributed by atoms with Crippen molar-refractivity contribution in [2.45, 2.75) is 13.5 Å². The van der Waals surface area contributed by atoms with E-state index in [1.165, 1.54) is 31.4 Å². The third kappa shape index (κ3) is 5.16. The number of nitro benzene ring substituents is 1. The number of hydrogen-bond donors (Lipinski definition) is 2. The van der Waals surface area contributed by atoms with E-state index in [-0.39, 0.29) is 23.4 Å². The Kier molecular flexibility index (Phi) is 6.04. The maximum atomic E-state index is 11.9. The van der Waals surface area contributed by atoms with Gasteiger partial charge in [0, 0.05) is 11.6 Å². The quantitative estimate of drug-likeness (QED) is 0.453. The van der Waals surface area contributed by atoms with Crippen molar-refractivity contribution in [3.8, 4) is 0 Å². The van der Waals surface area contributed by atoms with Gasteiger partial charge < -0.3 is 14.5 Å². The molecule has 0 saturated carbocycles. The average molecular weight is 361 g/mol. The van der Waals surface area contributed by atoms with Crippen molar-refractivity contribution in [3.05, 3.63) is 63.6 Å². The minimum Gasteiger partial charge on any atom is -0.467 e. The number of ether oxygens (including phenoxy) is 1. The number of hydrogen-bond acceptors (Lipinski definition) is 7. The second-order valence-corrected chi connectivity index (χ2v) is 5.14. The Bertz CT molecular complexity index is 830. The molecular weight excluding hydrogens is 346 g/mol. The molecule has 10 nitrogen and oxygen atoms in total. The molecule has 2 N–H and O–H groups in total. The van der Waals surface area contributed by atoms with Crippen LogP contribution in [-0.2, 0) is 16.1 Å². The Morgan fingerprint density at radius 3 is 2.65 bits per heavy atom. The van der Waals surface area contributed by atoms with Gasteiger partial charge in [0.25, 0.3) is 11.6 Å². The molecule has 2 rings (SSSR count). The molecule has 0 fully saturated rings. The van der Waals surface area contributed by atoms with Crippen LogP contribution in [0.15, 0.2) is 41.0 Å². The van der Waals surface area contributed by atoms with E-state index in [0.29, 0.717) is 5.76 Å². The molecule has 0 aliphatic heterocycles. The zero-order valence-electron chi connectivity index (χ0n) is 13.7. The minimum absolute atomic E-state index is 0.0585. The van der Waals surface area contributed by atoms with E-state index in [9.17, 15) is 24.5 Å². The molecule has 0 radical (unpaired) electrons. The highest BCUT2D eigenvalue weighted by atomic mass is 16.6. The third-order valence-electron chi connectivity index (χ3n) is 3.22. The van der Waals surface area contributed by atoms with Gasteiger partial charge in [-0.3, -0.25) is 20.2 Å². The topological polar surface area (TPSA) is 141 Å². The van der Waals surface area contributed by atoms with Crippen LogP contribution in [0.2, 0.25) is 0 Å². The van der Waals surface area contributed by atoms with Crippen LogP contribution in [0.5, 0.6) is 0 Å². The van der Waals surface area contributed by atoms with E-state index in [0.717, 1.165) is 0 Å². The van der Waals surface area contributed by atoms with Gasteiger partial charge >= 0.3 is 12.0 Å². The summed E-state index contributed by atoms with van der Waals surface area (Å²) in [4.78, 5) is 45.2. The number of esters is 1. The van der Waals surface area contributed by atoms with Crippen molar-refractivity contribution in [3.63, 3.8) is 0 Å². The molecule has 26 heavy (non-hydrogen) atoms. The summed E-state index contributed by atoms with van der Waals surface area (Å²) >= 11 is 0. The van der Waals surface area contributed by atoms with Gasteiger partial charge in [-0.05, 0) is 31.2 Å². The number of carbonyl (C=O) groups is 3. The standard InChI is InChI=1S/C16H15N3O7/c1-10-7-11(4-5-13(10)19(23)24)15(21)26-9-14(20)18-16(22)17-8-12-3-2-6-25-12/h2-7H,8-9H2,1H3,(H2,17,18,20,22). The zero-order chi connectivity index (χ0) is 19.1. The van der Waals surface area contributed by atoms with Crippen LogP contribution in [0.25, 0.3) is 0 Å². The summed E-state index contributed by atoms with van der Waals surface area (Å²) in [6.45, 7) is 0.891. The number of furan rings is 1. The van der Waals surface area contributed by atoms with E-state index < -0.39 is 29.4 Å². The summed E-state index contributed by atoms with van der Waals surface area (Å²) in [5, 5.41) is 15.1. The number of nitrogens with zero attached hydrogens (tertiary/aromatic N) is 1. The first-order chi connectivity index (χ1) is 12.4. The molecule has 1 aromatic carbocycles. The number of amides is 3. The molecule has 1 aromatic heterocycles. The Balaban J connectivity index is 1.79.